The fourth-order valence-electron chi connectivity index (χ4n) is 4.57. The monoisotopic (exact) mass is 353 g/mol. The Balaban J connectivity index is 1.72. The van der Waals surface area contributed by atoms with Crippen molar-refractivity contribution >= 4 is 23.0 Å². The van der Waals surface area contributed by atoms with E-state index in [9.17, 15) is 5.21 Å². The van der Waals surface area contributed by atoms with Crippen molar-refractivity contribution < 1.29 is 18.9 Å². The second-order valence-corrected chi connectivity index (χ2v) is 8.72. The SMILES string of the molecule is CC1(C)C=Cc2cc3c(cc2O1)[N+]([O-])=C1C3=CC2(CC1(C)C)OCCO2. The van der Waals surface area contributed by atoms with E-state index >= 15 is 0 Å². The summed E-state index contributed by atoms with van der Waals surface area (Å²) in [4.78, 5) is 0. The molecule has 0 saturated carbocycles. The quantitative estimate of drug-likeness (QED) is 0.522. The van der Waals surface area contributed by atoms with Crippen molar-refractivity contribution in [2.45, 2.75) is 45.5 Å². The Bertz CT molecular complexity index is 914. The molecule has 1 aromatic carbocycles. The summed E-state index contributed by atoms with van der Waals surface area (Å²) in [5, 5.41) is 13.2. The third-order valence-electron chi connectivity index (χ3n) is 5.60. The van der Waals surface area contributed by atoms with E-state index in [1.54, 1.807) is 0 Å². The van der Waals surface area contributed by atoms with Crippen molar-refractivity contribution in [2.24, 2.45) is 5.41 Å². The van der Waals surface area contributed by atoms with E-state index in [4.69, 9.17) is 14.2 Å². The summed E-state index contributed by atoms with van der Waals surface area (Å²) < 4.78 is 19.0. The first-order chi connectivity index (χ1) is 12.2. The number of fused-ring (bicyclic) bond motifs is 4. The Hall–Kier alpha value is -2.11. The van der Waals surface area contributed by atoms with Crippen LogP contribution in [0.4, 0.5) is 5.69 Å². The van der Waals surface area contributed by atoms with E-state index in [1.165, 1.54) is 0 Å². The third kappa shape index (κ3) is 2.14. The van der Waals surface area contributed by atoms with E-state index in [2.05, 4.69) is 19.9 Å². The minimum absolute atomic E-state index is 0.355. The molecule has 0 aromatic heterocycles. The van der Waals surface area contributed by atoms with Crippen molar-refractivity contribution in [3.05, 3.63) is 40.6 Å². The molecule has 5 nitrogen and oxygen atoms in total. The van der Waals surface area contributed by atoms with Crippen molar-refractivity contribution in [1.29, 1.82) is 0 Å². The van der Waals surface area contributed by atoms with Gasteiger partial charge in [-0.15, -0.1) is 0 Å². The van der Waals surface area contributed by atoms with E-state index < -0.39 is 5.79 Å². The maximum absolute atomic E-state index is 13.2. The smallest absolute Gasteiger partial charge is 0.228 e. The topological polar surface area (TPSA) is 53.8 Å². The molecular weight excluding hydrogens is 330 g/mol. The van der Waals surface area contributed by atoms with E-state index in [-0.39, 0.29) is 11.0 Å². The number of rotatable bonds is 0. The van der Waals surface area contributed by atoms with Gasteiger partial charge in [0.15, 0.2) is 5.79 Å². The highest BCUT2D eigenvalue weighted by molar-refractivity contribution is 6.28. The fraction of sp³-hybridized carbons (Fsp3) is 0.476. The highest BCUT2D eigenvalue weighted by Crippen LogP contribution is 2.51. The predicted molar refractivity (Wildman–Crippen MR) is 99.5 cm³/mol. The molecule has 4 aliphatic rings. The van der Waals surface area contributed by atoms with Gasteiger partial charge in [0.2, 0.25) is 11.4 Å². The lowest BCUT2D eigenvalue weighted by molar-refractivity contribution is -0.362. The second-order valence-electron chi connectivity index (χ2n) is 8.72. The van der Waals surface area contributed by atoms with Gasteiger partial charge in [-0.3, -0.25) is 0 Å². The van der Waals surface area contributed by atoms with Gasteiger partial charge in [0.05, 0.1) is 35.8 Å². The van der Waals surface area contributed by atoms with Gasteiger partial charge in [0.1, 0.15) is 11.4 Å². The molecule has 3 aliphatic heterocycles. The molecule has 1 fully saturated rings. The van der Waals surface area contributed by atoms with E-state index in [0.29, 0.717) is 25.3 Å². The van der Waals surface area contributed by atoms with Crippen LogP contribution in [-0.4, -0.2) is 35.1 Å². The summed E-state index contributed by atoms with van der Waals surface area (Å²) in [6, 6.07) is 3.92. The molecule has 136 valence electrons. The Morgan fingerprint density at radius 1 is 1.08 bits per heavy atom. The summed E-state index contributed by atoms with van der Waals surface area (Å²) in [5.74, 6) is 0.0208. The van der Waals surface area contributed by atoms with Crippen molar-refractivity contribution in [2.75, 3.05) is 13.2 Å². The zero-order valence-corrected chi connectivity index (χ0v) is 15.6. The number of hydrogen-bond donors (Lipinski definition) is 0. The molecule has 0 N–H and O–H groups in total. The van der Waals surface area contributed by atoms with Crippen LogP contribution >= 0.6 is 0 Å². The van der Waals surface area contributed by atoms with Crippen LogP contribution in [0.1, 0.15) is 45.2 Å². The predicted octanol–water partition coefficient (Wildman–Crippen LogP) is 4.02. The van der Waals surface area contributed by atoms with Gasteiger partial charge in [-0.25, -0.2) is 0 Å². The van der Waals surface area contributed by atoms with E-state index in [1.807, 2.05) is 38.1 Å². The van der Waals surface area contributed by atoms with Gasteiger partial charge in [0, 0.05) is 12.0 Å². The highest BCUT2D eigenvalue weighted by atomic mass is 16.7. The Morgan fingerprint density at radius 3 is 2.54 bits per heavy atom. The number of nitrogens with zero attached hydrogens (tertiary/aromatic N) is 1. The number of ether oxygens (including phenoxy) is 3. The maximum Gasteiger partial charge on any atom is 0.228 e. The molecule has 1 saturated heterocycles. The minimum atomic E-state index is -0.727. The summed E-state index contributed by atoms with van der Waals surface area (Å²) in [6.07, 6.45) is 6.75. The largest absolute Gasteiger partial charge is 0.618 e. The third-order valence-corrected chi connectivity index (χ3v) is 5.60. The van der Waals surface area contributed by atoms with Crippen LogP contribution in [0, 0.1) is 10.6 Å². The molecule has 1 spiro atoms. The van der Waals surface area contributed by atoms with Gasteiger partial charge >= 0.3 is 0 Å². The lowest BCUT2D eigenvalue weighted by atomic mass is 9.72. The van der Waals surface area contributed by atoms with Gasteiger partial charge in [-0.1, -0.05) is 6.08 Å². The summed E-state index contributed by atoms with van der Waals surface area (Å²) in [7, 11) is 0. The van der Waals surface area contributed by atoms with E-state index in [0.717, 1.165) is 32.9 Å². The number of allylic oxidation sites excluding steroid dienone is 1. The van der Waals surface area contributed by atoms with Crippen LogP contribution in [0.15, 0.2) is 24.3 Å². The molecule has 0 amide bonds. The van der Waals surface area contributed by atoms with Gasteiger partial charge < -0.3 is 19.4 Å². The standard InChI is InChI=1S/C21H23NO4/c1-19(2)12-21(24-7-8-25-21)11-15-14-9-13-5-6-20(3,4)26-17(13)10-16(14)22(23)18(15)19/h5-6,9-11H,7-8,12H2,1-4H3. The summed E-state index contributed by atoms with van der Waals surface area (Å²) in [6.45, 7) is 9.34. The molecule has 3 heterocycles. The molecule has 0 bridgehead atoms. The summed E-state index contributed by atoms with van der Waals surface area (Å²) >= 11 is 0. The molecule has 0 unspecified atom stereocenters. The van der Waals surface area contributed by atoms with Crippen LogP contribution in [0.3, 0.4) is 0 Å². The molecule has 26 heavy (non-hydrogen) atoms. The van der Waals surface area contributed by atoms with Crippen molar-refractivity contribution in [3.8, 4) is 5.75 Å². The Labute approximate surface area is 153 Å². The normalized spacial score (nSPS) is 26.2. The molecule has 5 rings (SSSR count). The molecule has 1 aromatic rings. The first-order valence-electron chi connectivity index (χ1n) is 9.12. The average molecular weight is 353 g/mol. The first-order valence-corrected chi connectivity index (χ1v) is 9.12. The average Bonchev–Trinajstić information content (AvgIpc) is 3.08. The molecular formula is C21H23NO4. The Morgan fingerprint density at radius 2 is 1.81 bits per heavy atom. The highest BCUT2D eigenvalue weighted by Gasteiger charge is 2.54. The molecule has 0 atom stereocenters. The van der Waals surface area contributed by atoms with Crippen LogP contribution in [-0.2, 0) is 9.47 Å². The molecule has 5 heteroatoms. The first kappa shape index (κ1) is 16.1. The van der Waals surface area contributed by atoms with Crippen LogP contribution < -0.4 is 4.74 Å². The van der Waals surface area contributed by atoms with Crippen LogP contribution in [0.5, 0.6) is 5.75 Å². The van der Waals surface area contributed by atoms with Crippen LogP contribution in [0.2, 0.25) is 0 Å². The van der Waals surface area contributed by atoms with Gasteiger partial charge in [-0.2, -0.15) is 4.74 Å². The number of hydrogen-bond acceptors (Lipinski definition) is 4. The summed E-state index contributed by atoms with van der Waals surface area (Å²) in [5.41, 5.74) is 3.53. The van der Waals surface area contributed by atoms with Gasteiger partial charge in [0.25, 0.3) is 0 Å². The molecule has 0 radical (unpaired) electrons. The zero-order chi connectivity index (χ0) is 18.3. The van der Waals surface area contributed by atoms with Crippen LogP contribution in [0.25, 0.3) is 11.6 Å². The van der Waals surface area contributed by atoms with Crippen molar-refractivity contribution in [1.82, 2.24) is 0 Å². The van der Waals surface area contributed by atoms with Gasteiger partial charge in [-0.05, 0) is 45.9 Å². The Kier molecular flexibility index (Phi) is 2.96. The molecule has 1 aliphatic carbocycles. The fourth-order valence-corrected chi connectivity index (χ4v) is 4.57. The lowest BCUT2D eigenvalue weighted by Gasteiger charge is -2.37. The zero-order valence-electron chi connectivity index (χ0n) is 15.6. The maximum atomic E-state index is 13.2. The van der Waals surface area contributed by atoms with Crippen molar-refractivity contribution in [3.63, 3.8) is 0 Å². The minimum Gasteiger partial charge on any atom is -0.618 e. The number of benzene rings is 1. The second kappa shape index (κ2) is 4.78. The lowest BCUT2D eigenvalue weighted by Crippen LogP contribution is -2.43.